The number of nitrogens with zero attached hydrogens (tertiary/aromatic N) is 7. The number of carbonyl (C=O) groups excluding carboxylic acids is 1. The van der Waals surface area contributed by atoms with Crippen molar-refractivity contribution in [1.82, 2.24) is 34.1 Å². The molecule has 0 spiro atoms. The fourth-order valence-electron chi connectivity index (χ4n) is 3.50. The third kappa shape index (κ3) is 5.80. The molecule has 4 aromatic rings. The van der Waals surface area contributed by atoms with E-state index in [2.05, 4.69) is 20.2 Å². The number of alkyl halides is 5. The monoisotopic (exact) mass is 572 g/mol. The number of aliphatic hydroxyl groups excluding tert-OH is 1. The van der Waals surface area contributed by atoms with Crippen molar-refractivity contribution in [2.45, 2.75) is 38.2 Å². The third-order valence-electron chi connectivity index (χ3n) is 5.42. The van der Waals surface area contributed by atoms with Gasteiger partial charge >= 0.3 is 11.9 Å². The van der Waals surface area contributed by atoms with Gasteiger partial charge < -0.3 is 10.8 Å². The zero-order valence-corrected chi connectivity index (χ0v) is 20.5. The van der Waals surface area contributed by atoms with Gasteiger partial charge in [-0.1, -0.05) is 11.6 Å². The van der Waals surface area contributed by atoms with Crippen LogP contribution < -0.4 is 11.4 Å². The topological polar surface area (TPSA) is 147 Å². The molecule has 3 aromatic heterocycles. The highest BCUT2D eigenvalue weighted by Crippen LogP contribution is 2.32. The summed E-state index contributed by atoms with van der Waals surface area (Å²) in [7, 11) is 0. The van der Waals surface area contributed by atoms with Crippen LogP contribution in [-0.4, -0.2) is 57.1 Å². The van der Waals surface area contributed by atoms with Crippen molar-refractivity contribution in [2.24, 2.45) is 5.73 Å². The van der Waals surface area contributed by atoms with E-state index in [1.165, 1.54) is 24.3 Å². The van der Waals surface area contributed by atoms with Crippen LogP contribution in [0.1, 0.15) is 28.9 Å². The third-order valence-corrected chi connectivity index (χ3v) is 5.67. The number of primary amides is 1. The lowest BCUT2D eigenvalue weighted by Gasteiger charge is -2.18. The highest BCUT2D eigenvalue weighted by atomic mass is 35.5. The molecule has 0 aliphatic rings. The molecule has 206 valence electrons. The van der Waals surface area contributed by atoms with Crippen molar-refractivity contribution in [2.75, 3.05) is 0 Å². The number of nitrogens with two attached hydrogens (primary N) is 1. The summed E-state index contributed by atoms with van der Waals surface area (Å²) in [6.45, 7) is -0.978. The minimum Gasteiger partial charge on any atom is -0.385 e. The largest absolute Gasteiger partial charge is 0.420 e. The van der Waals surface area contributed by atoms with Gasteiger partial charge in [0.05, 0.1) is 6.54 Å². The number of rotatable bonds is 8. The molecule has 39 heavy (non-hydrogen) atoms. The van der Waals surface area contributed by atoms with Crippen molar-refractivity contribution in [1.29, 1.82) is 0 Å². The molecule has 0 saturated heterocycles. The van der Waals surface area contributed by atoms with Crippen molar-refractivity contribution >= 4 is 17.5 Å². The Hall–Kier alpha value is -4.18. The first-order valence-corrected chi connectivity index (χ1v) is 11.3. The van der Waals surface area contributed by atoms with E-state index in [-0.39, 0.29) is 17.2 Å². The smallest absolute Gasteiger partial charge is 0.385 e. The average Bonchev–Trinajstić information content (AvgIpc) is 3.41. The van der Waals surface area contributed by atoms with Crippen LogP contribution in [0.4, 0.5) is 22.0 Å². The minimum atomic E-state index is -4.87. The molecule has 3 heterocycles. The summed E-state index contributed by atoms with van der Waals surface area (Å²) in [6.07, 6.45) is -6.09. The first kappa shape index (κ1) is 27.8. The molecule has 0 radical (unpaired) electrons. The maximum absolute atomic E-state index is 13.7. The van der Waals surface area contributed by atoms with Gasteiger partial charge in [0.15, 0.2) is 17.5 Å². The van der Waals surface area contributed by atoms with Gasteiger partial charge in [-0.25, -0.2) is 28.2 Å². The average molecular weight is 573 g/mol. The van der Waals surface area contributed by atoms with E-state index >= 15 is 0 Å². The van der Waals surface area contributed by atoms with Crippen LogP contribution in [0.25, 0.3) is 17.2 Å². The molecule has 1 atom stereocenters. The van der Waals surface area contributed by atoms with Gasteiger partial charge in [0, 0.05) is 23.7 Å². The first-order chi connectivity index (χ1) is 18.2. The number of benzene rings is 1. The number of halogens is 6. The number of pyridine rings is 1. The van der Waals surface area contributed by atoms with Gasteiger partial charge in [0.1, 0.15) is 18.2 Å². The lowest BCUT2D eigenvalue weighted by molar-refractivity contribution is -0.137. The van der Waals surface area contributed by atoms with Gasteiger partial charge in [-0.15, -0.1) is 10.2 Å². The molecule has 1 aromatic carbocycles. The molecule has 0 saturated carbocycles. The molecule has 1 amide bonds. The second-order valence-electron chi connectivity index (χ2n) is 8.35. The van der Waals surface area contributed by atoms with Crippen molar-refractivity contribution in [3.05, 3.63) is 75.3 Å². The summed E-state index contributed by atoms with van der Waals surface area (Å²) in [5, 5.41) is 18.3. The van der Waals surface area contributed by atoms with Gasteiger partial charge in [-0.05, 0) is 36.4 Å². The van der Waals surface area contributed by atoms with Gasteiger partial charge in [0.2, 0.25) is 5.82 Å². The predicted octanol–water partition coefficient (Wildman–Crippen LogP) is 2.52. The number of hydrogen-bond acceptors (Lipinski definition) is 7. The molecule has 11 nitrogen and oxygen atoms in total. The predicted molar refractivity (Wildman–Crippen MR) is 125 cm³/mol. The molecule has 0 bridgehead atoms. The minimum absolute atomic E-state index is 0.126. The Morgan fingerprint density at radius 3 is 2.38 bits per heavy atom. The summed E-state index contributed by atoms with van der Waals surface area (Å²) in [5.74, 6) is -6.78. The van der Waals surface area contributed by atoms with Crippen molar-refractivity contribution in [3.8, 4) is 17.2 Å². The Balaban J connectivity index is 1.81. The van der Waals surface area contributed by atoms with E-state index in [1.54, 1.807) is 0 Å². The van der Waals surface area contributed by atoms with Crippen LogP contribution in [-0.2, 0) is 19.3 Å². The second kappa shape index (κ2) is 10.2. The van der Waals surface area contributed by atoms with Gasteiger partial charge in [0.25, 0.3) is 11.8 Å². The Morgan fingerprint density at radius 1 is 1.13 bits per heavy atom. The van der Waals surface area contributed by atoms with Crippen LogP contribution in [0.15, 0.2) is 47.4 Å². The zero-order chi connectivity index (χ0) is 28.7. The molecule has 0 fully saturated rings. The molecular weight excluding hydrogens is 555 g/mol. The number of amides is 1. The van der Waals surface area contributed by atoms with E-state index in [1.807, 2.05) is 0 Å². The van der Waals surface area contributed by atoms with E-state index in [0.717, 1.165) is 21.5 Å². The van der Waals surface area contributed by atoms with E-state index < -0.39 is 60.1 Å². The summed E-state index contributed by atoms with van der Waals surface area (Å²) in [6, 6.07) is 7.59. The Kier molecular flexibility index (Phi) is 7.27. The fraction of sp³-hybridized carbons (Fsp3) is 0.273. The summed E-state index contributed by atoms with van der Waals surface area (Å²) in [5.41, 5.74) is 3.36. The summed E-state index contributed by atoms with van der Waals surface area (Å²) < 4.78 is 70.0. The SMILES string of the molecule is CC(F)(F)[C@@H](O)Cn1c(-c2ccc(Cl)cc2)nn(Cc2nc(C(N)=O)n(-c3ncccc3C(F)(F)F)n2)c1=O. The van der Waals surface area contributed by atoms with E-state index in [4.69, 9.17) is 17.3 Å². The fourth-order valence-corrected chi connectivity index (χ4v) is 3.63. The summed E-state index contributed by atoms with van der Waals surface area (Å²) in [4.78, 5) is 32.6. The summed E-state index contributed by atoms with van der Waals surface area (Å²) >= 11 is 5.89. The Morgan fingerprint density at radius 2 is 1.79 bits per heavy atom. The molecule has 0 aliphatic heterocycles. The lowest BCUT2D eigenvalue weighted by atomic mass is 10.2. The quantitative estimate of drug-likeness (QED) is 0.308. The standard InChI is InChI=1S/C22H18ClF5N8O3/c1-21(24,25)14(37)9-34-17(11-4-6-12(23)7-5-11)33-35(20(34)39)10-15-31-19(16(29)38)36(32-15)18-13(22(26,27)28)3-2-8-30-18/h2-8,14,37H,9-10H2,1H3,(H2,29,38)/t14-/m0/s1. The molecule has 17 heteroatoms. The van der Waals surface area contributed by atoms with Crippen LogP contribution in [0.3, 0.4) is 0 Å². The lowest BCUT2D eigenvalue weighted by Crippen LogP contribution is -2.38. The van der Waals surface area contributed by atoms with Crippen molar-refractivity contribution in [3.63, 3.8) is 0 Å². The van der Waals surface area contributed by atoms with Crippen LogP contribution in [0.2, 0.25) is 5.02 Å². The van der Waals surface area contributed by atoms with Crippen LogP contribution in [0.5, 0.6) is 0 Å². The molecule has 0 aliphatic carbocycles. The highest BCUT2D eigenvalue weighted by molar-refractivity contribution is 6.30. The van der Waals surface area contributed by atoms with E-state index in [0.29, 0.717) is 22.7 Å². The number of carbonyl (C=O) groups is 1. The number of aliphatic hydroxyl groups is 1. The number of aromatic nitrogens is 7. The van der Waals surface area contributed by atoms with Gasteiger partial charge in [-0.3, -0.25) is 9.36 Å². The van der Waals surface area contributed by atoms with Crippen molar-refractivity contribution < 1.29 is 31.9 Å². The second-order valence-corrected chi connectivity index (χ2v) is 8.79. The number of hydrogen-bond donors (Lipinski definition) is 2. The Bertz CT molecular complexity index is 1570. The molecular formula is C22H18ClF5N8O3. The Labute approximate surface area is 220 Å². The first-order valence-electron chi connectivity index (χ1n) is 10.9. The van der Waals surface area contributed by atoms with Gasteiger partial charge in [-0.2, -0.15) is 17.9 Å². The highest BCUT2D eigenvalue weighted by Gasteiger charge is 2.37. The molecule has 0 unspecified atom stereocenters. The maximum Gasteiger partial charge on any atom is 0.420 e. The maximum atomic E-state index is 13.7. The zero-order valence-electron chi connectivity index (χ0n) is 19.8. The molecule has 4 rings (SSSR count). The van der Waals surface area contributed by atoms with Crippen LogP contribution in [0, 0.1) is 0 Å². The van der Waals surface area contributed by atoms with E-state index in [9.17, 15) is 36.6 Å². The van der Waals surface area contributed by atoms with Crippen LogP contribution >= 0.6 is 11.6 Å². The normalized spacial score (nSPS) is 13.0. The molecule has 3 N–H and O–H groups in total.